The van der Waals surface area contributed by atoms with Crippen LogP contribution in [-0.4, -0.2) is 35.2 Å². The summed E-state index contributed by atoms with van der Waals surface area (Å²) in [6.07, 6.45) is 1.92. The van der Waals surface area contributed by atoms with Crippen LogP contribution in [0, 0.1) is 0 Å². The lowest BCUT2D eigenvalue weighted by Crippen LogP contribution is -2.61. The molecule has 2 atom stereocenters. The van der Waals surface area contributed by atoms with Crippen LogP contribution in [0.4, 0.5) is 10.5 Å². The molecule has 0 radical (unpaired) electrons. The summed E-state index contributed by atoms with van der Waals surface area (Å²) in [7, 11) is 1.61. The maximum Gasteiger partial charge on any atom is 0.332 e. The third-order valence-electron chi connectivity index (χ3n) is 4.67. The zero-order chi connectivity index (χ0) is 19.0. The molecular weight excluding hydrogens is 384 g/mol. The predicted octanol–water partition coefficient (Wildman–Crippen LogP) is 4.32. The summed E-state index contributed by atoms with van der Waals surface area (Å²) in [6, 6.07) is 13.7. The van der Waals surface area contributed by atoms with Gasteiger partial charge in [-0.15, -0.1) is 11.8 Å². The Morgan fingerprint density at radius 1 is 1.07 bits per heavy atom. The minimum atomic E-state index is -0.336. The van der Waals surface area contributed by atoms with E-state index < -0.39 is 0 Å². The van der Waals surface area contributed by atoms with Crippen LogP contribution < -0.4 is 9.64 Å². The number of hydrogen-bond acceptors (Lipinski definition) is 4. The molecule has 0 spiro atoms. The number of hydrogen-bond donors (Lipinski definition) is 0. The Morgan fingerprint density at radius 2 is 1.78 bits per heavy atom. The lowest BCUT2D eigenvalue weighted by molar-refractivity contribution is -0.119. The molecule has 2 unspecified atom stereocenters. The number of methoxy groups -OCH3 is 1. The molecule has 1 saturated heterocycles. The minimum Gasteiger partial charge on any atom is -0.497 e. The maximum absolute atomic E-state index is 13.2. The lowest BCUT2D eigenvalue weighted by atomic mass is 10.1. The number of carbonyl (C=O) groups is 2. The van der Waals surface area contributed by atoms with Crippen molar-refractivity contribution < 1.29 is 14.3 Å². The number of ether oxygens (including phenoxy) is 1. The number of imide groups is 1. The SMILES string of the molecule is COc1ccc(CN2C(=O)N(c3ccc(Cl)cc3)C(=O)C3SC=CC32)cc1. The van der Waals surface area contributed by atoms with Gasteiger partial charge in [-0.3, -0.25) is 4.79 Å². The van der Waals surface area contributed by atoms with Crippen LogP contribution in [-0.2, 0) is 11.3 Å². The molecule has 27 heavy (non-hydrogen) atoms. The molecule has 0 aromatic heterocycles. The van der Waals surface area contributed by atoms with Crippen molar-refractivity contribution in [3.05, 3.63) is 70.6 Å². The Labute approximate surface area is 166 Å². The fourth-order valence-electron chi connectivity index (χ4n) is 3.27. The van der Waals surface area contributed by atoms with Crippen molar-refractivity contribution in [2.45, 2.75) is 17.8 Å². The summed E-state index contributed by atoms with van der Waals surface area (Å²) in [4.78, 5) is 29.2. The number of carbonyl (C=O) groups excluding carboxylic acids is 2. The zero-order valence-electron chi connectivity index (χ0n) is 14.5. The molecule has 2 heterocycles. The van der Waals surface area contributed by atoms with Gasteiger partial charge in [0.1, 0.15) is 11.0 Å². The van der Waals surface area contributed by atoms with Crippen molar-refractivity contribution in [1.82, 2.24) is 4.90 Å². The Balaban J connectivity index is 1.66. The van der Waals surface area contributed by atoms with E-state index in [1.54, 1.807) is 36.3 Å². The van der Waals surface area contributed by atoms with E-state index in [1.165, 1.54) is 16.7 Å². The van der Waals surface area contributed by atoms with E-state index in [1.807, 2.05) is 35.7 Å². The first kappa shape index (κ1) is 17.9. The third kappa shape index (κ3) is 3.31. The van der Waals surface area contributed by atoms with Gasteiger partial charge in [-0.05, 0) is 47.4 Å². The molecule has 138 valence electrons. The number of amides is 3. The Hall–Kier alpha value is -2.44. The van der Waals surface area contributed by atoms with E-state index in [-0.39, 0.29) is 23.2 Å². The Kier molecular flexibility index (Phi) is 4.85. The first-order valence-corrected chi connectivity index (χ1v) is 9.76. The van der Waals surface area contributed by atoms with E-state index in [0.29, 0.717) is 17.3 Å². The van der Waals surface area contributed by atoms with E-state index >= 15 is 0 Å². The second-order valence-electron chi connectivity index (χ2n) is 6.28. The van der Waals surface area contributed by atoms with Gasteiger partial charge in [0.2, 0.25) is 0 Å². The van der Waals surface area contributed by atoms with Crippen LogP contribution in [0.3, 0.4) is 0 Å². The molecule has 0 saturated carbocycles. The highest BCUT2D eigenvalue weighted by atomic mass is 35.5. The summed E-state index contributed by atoms with van der Waals surface area (Å²) in [5.41, 5.74) is 1.50. The highest BCUT2D eigenvalue weighted by Crippen LogP contribution is 2.37. The van der Waals surface area contributed by atoms with Crippen LogP contribution in [0.5, 0.6) is 5.75 Å². The van der Waals surface area contributed by atoms with Gasteiger partial charge >= 0.3 is 6.03 Å². The smallest absolute Gasteiger partial charge is 0.332 e. The minimum absolute atomic E-state index is 0.201. The highest BCUT2D eigenvalue weighted by molar-refractivity contribution is 8.03. The summed E-state index contributed by atoms with van der Waals surface area (Å²) in [5.74, 6) is 0.559. The average Bonchev–Trinajstić information content (AvgIpc) is 3.17. The van der Waals surface area contributed by atoms with Crippen LogP contribution in [0.15, 0.2) is 60.0 Å². The number of anilines is 1. The number of halogens is 1. The van der Waals surface area contributed by atoms with Gasteiger partial charge in [-0.2, -0.15) is 0 Å². The van der Waals surface area contributed by atoms with Gasteiger partial charge < -0.3 is 9.64 Å². The molecule has 0 aliphatic carbocycles. The van der Waals surface area contributed by atoms with E-state index in [2.05, 4.69) is 0 Å². The maximum atomic E-state index is 13.2. The Morgan fingerprint density at radius 3 is 2.44 bits per heavy atom. The first-order chi connectivity index (χ1) is 13.1. The highest BCUT2D eigenvalue weighted by Gasteiger charge is 2.47. The fraction of sp³-hybridized carbons (Fsp3) is 0.200. The van der Waals surface area contributed by atoms with Crippen molar-refractivity contribution in [2.75, 3.05) is 12.0 Å². The van der Waals surface area contributed by atoms with Crippen LogP contribution in [0.2, 0.25) is 5.02 Å². The molecule has 5 nitrogen and oxygen atoms in total. The van der Waals surface area contributed by atoms with Gasteiger partial charge in [-0.25, -0.2) is 9.69 Å². The molecule has 2 aliphatic rings. The van der Waals surface area contributed by atoms with Crippen molar-refractivity contribution in [1.29, 1.82) is 0 Å². The topological polar surface area (TPSA) is 49.9 Å². The van der Waals surface area contributed by atoms with Gasteiger partial charge in [0, 0.05) is 11.6 Å². The van der Waals surface area contributed by atoms with E-state index in [9.17, 15) is 9.59 Å². The molecule has 2 aliphatic heterocycles. The van der Waals surface area contributed by atoms with Gasteiger partial charge in [0.15, 0.2) is 0 Å². The molecule has 4 rings (SSSR count). The molecule has 2 aromatic rings. The number of thioether (sulfide) groups is 1. The average molecular weight is 401 g/mol. The molecule has 0 N–H and O–H groups in total. The second-order valence-corrected chi connectivity index (χ2v) is 7.77. The van der Waals surface area contributed by atoms with Gasteiger partial charge in [0.05, 0.1) is 18.8 Å². The van der Waals surface area contributed by atoms with Crippen LogP contribution in [0.1, 0.15) is 5.56 Å². The molecule has 2 aromatic carbocycles. The number of rotatable bonds is 4. The van der Waals surface area contributed by atoms with Crippen molar-refractivity contribution in [3.8, 4) is 5.75 Å². The van der Waals surface area contributed by atoms with Crippen LogP contribution in [0.25, 0.3) is 0 Å². The molecule has 1 fully saturated rings. The second kappa shape index (κ2) is 7.29. The third-order valence-corrected chi connectivity index (χ3v) is 6.01. The monoisotopic (exact) mass is 400 g/mol. The largest absolute Gasteiger partial charge is 0.497 e. The van der Waals surface area contributed by atoms with Crippen molar-refractivity contribution >= 4 is 41.0 Å². The van der Waals surface area contributed by atoms with E-state index in [4.69, 9.17) is 16.3 Å². The molecule has 7 heteroatoms. The summed E-state index contributed by atoms with van der Waals surface area (Å²) in [6.45, 7) is 0.409. The normalized spacial score (nSPS) is 21.6. The van der Waals surface area contributed by atoms with Gasteiger partial charge in [-0.1, -0.05) is 29.8 Å². The van der Waals surface area contributed by atoms with Crippen molar-refractivity contribution in [2.24, 2.45) is 0 Å². The van der Waals surface area contributed by atoms with E-state index in [0.717, 1.165) is 11.3 Å². The summed E-state index contributed by atoms with van der Waals surface area (Å²) in [5, 5.41) is 2.12. The predicted molar refractivity (Wildman–Crippen MR) is 107 cm³/mol. The lowest BCUT2D eigenvalue weighted by Gasteiger charge is -2.41. The zero-order valence-corrected chi connectivity index (χ0v) is 16.1. The number of benzene rings is 2. The standard InChI is InChI=1S/C20H17ClN2O3S/c1-26-16-8-2-13(3-9-16)12-22-17-10-11-27-18(17)19(24)23(20(22)25)15-6-4-14(21)5-7-15/h2-11,17-18H,12H2,1H3. The number of urea groups is 1. The molecule has 0 bridgehead atoms. The molecule has 3 amide bonds. The Bertz CT molecular complexity index is 898. The number of nitrogens with zero attached hydrogens (tertiary/aromatic N) is 2. The quantitative estimate of drug-likeness (QED) is 0.767. The summed E-state index contributed by atoms with van der Waals surface area (Å²) < 4.78 is 5.19. The first-order valence-electron chi connectivity index (χ1n) is 8.43. The van der Waals surface area contributed by atoms with Gasteiger partial charge in [0.25, 0.3) is 5.91 Å². The van der Waals surface area contributed by atoms with Crippen LogP contribution >= 0.6 is 23.4 Å². The molecular formula is C20H17ClN2O3S. The fourth-order valence-corrected chi connectivity index (χ4v) is 4.44. The summed E-state index contributed by atoms with van der Waals surface area (Å²) >= 11 is 7.40. The number of fused-ring (bicyclic) bond motifs is 1. The van der Waals surface area contributed by atoms with Crippen molar-refractivity contribution in [3.63, 3.8) is 0 Å².